The van der Waals surface area contributed by atoms with Crippen LogP contribution in [0.15, 0.2) is 48.8 Å². The number of aromatic nitrogens is 2. The fraction of sp³-hybridized carbons (Fsp3) is 0.235. The van der Waals surface area contributed by atoms with Crippen molar-refractivity contribution in [2.24, 2.45) is 0 Å². The highest BCUT2D eigenvalue weighted by molar-refractivity contribution is 7.93. The summed E-state index contributed by atoms with van der Waals surface area (Å²) in [5, 5.41) is 0.543. The second kappa shape index (κ2) is 5.59. The minimum absolute atomic E-state index is 0.0185. The van der Waals surface area contributed by atoms with Gasteiger partial charge >= 0.3 is 0 Å². The third-order valence-corrected chi connectivity index (χ3v) is 6.28. The average Bonchev–Trinajstić information content (AvgIpc) is 2.91. The molecule has 7 heteroatoms. The fourth-order valence-electron chi connectivity index (χ4n) is 2.83. The Bertz CT molecular complexity index is 1010. The molecular formula is C17H16FN3O2S. The third kappa shape index (κ3) is 2.54. The van der Waals surface area contributed by atoms with Gasteiger partial charge in [0.05, 0.1) is 16.6 Å². The Kier molecular flexibility index (Phi) is 3.53. The van der Waals surface area contributed by atoms with Crippen LogP contribution in [0, 0.1) is 5.82 Å². The van der Waals surface area contributed by atoms with Crippen LogP contribution in [-0.2, 0) is 10.0 Å². The molecule has 1 aliphatic rings. The van der Waals surface area contributed by atoms with Crippen molar-refractivity contribution in [3.63, 3.8) is 0 Å². The zero-order valence-corrected chi connectivity index (χ0v) is 13.6. The van der Waals surface area contributed by atoms with Gasteiger partial charge in [-0.3, -0.25) is 4.72 Å². The number of fused-ring (bicyclic) bond motifs is 1. The van der Waals surface area contributed by atoms with E-state index in [9.17, 15) is 12.8 Å². The smallest absolute Gasteiger partial charge is 0.235 e. The maximum Gasteiger partial charge on any atom is 0.235 e. The first-order valence-electron chi connectivity index (χ1n) is 7.78. The van der Waals surface area contributed by atoms with Gasteiger partial charge in [-0.15, -0.1) is 0 Å². The average molecular weight is 345 g/mol. The van der Waals surface area contributed by atoms with Crippen molar-refractivity contribution >= 4 is 26.7 Å². The first kappa shape index (κ1) is 15.1. The highest BCUT2D eigenvalue weighted by Gasteiger charge is 2.31. The molecule has 4 rings (SSSR count). The first-order valence-corrected chi connectivity index (χ1v) is 9.33. The van der Waals surface area contributed by atoms with Gasteiger partial charge in [0.25, 0.3) is 0 Å². The highest BCUT2D eigenvalue weighted by Crippen LogP contribution is 2.29. The minimum atomic E-state index is -3.51. The van der Waals surface area contributed by atoms with E-state index in [4.69, 9.17) is 0 Å². The molecule has 24 heavy (non-hydrogen) atoms. The van der Waals surface area contributed by atoms with Crippen LogP contribution in [0.25, 0.3) is 16.7 Å². The van der Waals surface area contributed by atoms with Gasteiger partial charge in [-0.05, 0) is 43.2 Å². The van der Waals surface area contributed by atoms with E-state index in [1.807, 2.05) is 24.4 Å². The van der Waals surface area contributed by atoms with Crippen molar-refractivity contribution in [1.82, 2.24) is 9.55 Å². The lowest BCUT2D eigenvalue weighted by Gasteiger charge is -2.25. The number of halogens is 1. The lowest BCUT2D eigenvalue weighted by Crippen LogP contribution is -2.33. The maximum absolute atomic E-state index is 14.4. The zero-order valence-electron chi connectivity index (χ0n) is 12.8. The number of pyridine rings is 1. The molecule has 1 saturated carbocycles. The first-order chi connectivity index (χ1) is 11.5. The van der Waals surface area contributed by atoms with Gasteiger partial charge < -0.3 is 4.57 Å². The third-order valence-electron chi connectivity index (χ3n) is 4.42. The molecule has 3 aromatic rings. The second-order valence-corrected chi connectivity index (χ2v) is 7.93. The zero-order chi connectivity index (χ0) is 16.7. The van der Waals surface area contributed by atoms with E-state index in [2.05, 4.69) is 9.71 Å². The van der Waals surface area contributed by atoms with Gasteiger partial charge in [-0.1, -0.05) is 6.42 Å². The molecule has 0 radical (unpaired) electrons. The molecule has 1 aliphatic carbocycles. The molecule has 0 amide bonds. The molecule has 0 saturated heterocycles. The Morgan fingerprint density at radius 3 is 2.75 bits per heavy atom. The van der Waals surface area contributed by atoms with Crippen molar-refractivity contribution in [1.29, 1.82) is 0 Å². The summed E-state index contributed by atoms with van der Waals surface area (Å²) < 4.78 is 42.8. The summed E-state index contributed by atoms with van der Waals surface area (Å²) in [5.41, 5.74) is 1.29. The molecule has 124 valence electrons. The maximum atomic E-state index is 14.4. The van der Waals surface area contributed by atoms with E-state index in [0.29, 0.717) is 18.5 Å². The quantitative estimate of drug-likeness (QED) is 0.787. The monoisotopic (exact) mass is 345 g/mol. The van der Waals surface area contributed by atoms with Crippen LogP contribution >= 0.6 is 0 Å². The van der Waals surface area contributed by atoms with Crippen LogP contribution in [0.3, 0.4) is 0 Å². The summed E-state index contributed by atoms with van der Waals surface area (Å²) in [7, 11) is -3.51. The van der Waals surface area contributed by atoms with Crippen LogP contribution < -0.4 is 4.72 Å². The van der Waals surface area contributed by atoms with Gasteiger partial charge in [-0.25, -0.2) is 17.8 Å². The lowest BCUT2D eigenvalue weighted by atomic mass is 10.0. The summed E-state index contributed by atoms with van der Waals surface area (Å²) in [6.45, 7) is 0. The van der Waals surface area contributed by atoms with Gasteiger partial charge in [-0.2, -0.15) is 0 Å². The van der Waals surface area contributed by atoms with Crippen molar-refractivity contribution < 1.29 is 12.8 Å². The van der Waals surface area contributed by atoms with E-state index in [1.165, 1.54) is 12.1 Å². The van der Waals surface area contributed by atoms with Gasteiger partial charge in [0.15, 0.2) is 0 Å². The summed E-state index contributed by atoms with van der Waals surface area (Å²) >= 11 is 0. The molecular weight excluding hydrogens is 329 g/mol. The fourth-order valence-corrected chi connectivity index (χ4v) is 4.42. The standard InChI is InChI=1S/C17H16FN3O2S/c18-15-11-13(21-10-8-12-3-2-9-19-17(12)21)6-7-16(15)20-24(22,23)14-4-1-5-14/h2-3,6-11,14,20H,1,4-5H2. The van der Waals surface area contributed by atoms with Crippen LogP contribution in [0.5, 0.6) is 0 Å². The highest BCUT2D eigenvalue weighted by atomic mass is 32.2. The van der Waals surface area contributed by atoms with Crippen LogP contribution in [0.1, 0.15) is 19.3 Å². The van der Waals surface area contributed by atoms with Gasteiger partial charge in [0.2, 0.25) is 10.0 Å². The van der Waals surface area contributed by atoms with E-state index in [1.54, 1.807) is 16.8 Å². The molecule has 2 heterocycles. The van der Waals surface area contributed by atoms with Crippen LogP contribution in [0.4, 0.5) is 10.1 Å². The van der Waals surface area contributed by atoms with Gasteiger partial charge in [0, 0.05) is 23.8 Å². The Morgan fingerprint density at radius 1 is 1.21 bits per heavy atom. The largest absolute Gasteiger partial charge is 0.301 e. The number of nitrogens with one attached hydrogen (secondary N) is 1. The number of anilines is 1. The molecule has 0 atom stereocenters. The Balaban J connectivity index is 1.67. The Hall–Kier alpha value is -2.41. The van der Waals surface area contributed by atoms with Crippen molar-refractivity contribution in [3.8, 4) is 5.69 Å². The topological polar surface area (TPSA) is 64.0 Å². The molecule has 2 aromatic heterocycles. The van der Waals surface area contributed by atoms with Crippen LogP contribution in [-0.4, -0.2) is 23.2 Å². The molecule has 1 aromatic carbocycles. The van der Waals surface area contributed by atoms with Crippen molar-refractivity contribution in [2.75, 3.05) is 4.72 Å². The minimum Gasteiger partial charge on any atom is -0.301 e. The van der Waals surface area contributed by atoms with Crippen molar-refractivity contribution in [2.45, 2.75) is 24.5 Å². The molecule has 1 N–H and O–H groups in total. The normalized spacial score (nSPS) is 15.4. The van der Waals surface area contributed by atoms with E-state index >= 15 is 0 Å². The molecule has 0 spiro atoms. The number of nitrogens with zero attached hydrogens (tertiary/aromatic N) is 2. The molecule has 1 fully saturated rings. The Morgan fingerprint density at radius 2 is 2.04 bits per heavy atom. The molecule has 0 aliphatic heterocycles. The summed E-state index contributed by atoms with van der Waals surface area (Å²) in [4.78, 5) is 4.30. The number of sulfonamides is 1. The summed E-state index contributed by atoms with van der Waals surface area (Å²) in [6.07, 6.45) is 5.66. The number of rotatable bonds is 4. The van der Waals surface area contributed by atoms with Crippen molar-refractivity contribution in [3.05, 3.63) is 54.6 Å². The van der Waals surface area contributed by atoms with E-state index in [0.717, 1.165) is 17.5 Å². The predicted octanol–water partition coefficient (Wildman–Crippen LogP) is 3.46. The molecule has 0 unspecified atom stereocenters. The van der Waals surface area contributed by atoms with Crippen LogP contribution in [0.2, 0.25) is 0 Å². The summed E-state index contributed by atoms with van der Waals surface area (Å²) in [5.74, 6) is -0.604. The summed E-state index contributed by atoms with van der Waals surface area (Å²) in [6, 6.07) is 10.1. The molecule has 0 bridgehead atoms. The SMILES string of the molecule is O=S(=O)(Nc1ccc(-n2ccc3cccnc32)cc1F)C1CCC1. The number of hydrogen-bond acceptors (Lipinski definition) is 3. The predicted molar refractivity (Wildman–Crippen MR) is 91.2 cm³/mol. The van der Waals surface area contributed by atoms with E-state index in [-0.39, 0.29) is 5.69 Å². The second-order valence-electron chi connectivity index (χ2n) is 5.97. The number of hydrogen-bond donors (Lipinski definition) is 1. The Labute approximate surface area is 139 Å². The van der Waals surface area contributed by atoms with E-state index < -0.39 is 21.1 Å². The van der Waals surface area contributed by atoms with Gasteiger partial charge in [0.1, 0.15) is 11.5 Å². The lowest BCUT2D eigenvalue weighted by molar-refractivity contribution is 0.479. The number of benzene rings is 1. The molecule has 5 nitrogen and oxygen atoms in total.